The molecule has 19 heavy (non-hydrogen) atoms. The summed E-state index contributed by atoms with van der Waals surface area (Å²) < 4.78 is 36.7. The maximum Gasteiger partial charge on any atom is 0.446 e. The Morgan fingerprint density at radius 2 is 2.00 bits per heavy atom. The van der Waals surface area contributed by atoms with Crippen LogP contribution in [0.1, 0.15) is 5.56 Å². The molecule has 0 aliphatic rings. The quantitative estimate of drug-likeness (QED) is 0.614. The van der Waals surface area contributed by atoms with Crippen LogP contribution in [0.25, 0.3) is 0 Å². The highest BCUT2D eigenvalue weighted by Gasteiger charge is 2.29. The molecular weight excluding hydrogens is 273 g/mol. The number of hydrogen-bond donors (Lipinski definition) is 0. The maximum absolute atomic E-state index is 12.2. The average molecular weight is 282 g/mol. The van der Waals surface area contributed by atoms with Gasteiger partial charge in [0.1, 0.15) is 0 Å². The summed E-state index contributed by atoms with van der Waals surface area (Å²) in [6.45, 7) is 0. The Morgan fingerprint density at radius 3 is 2.68 bits per heavy atom. The van der Waals surface area contributed by atoms with Crippen LogP contribution in [0.2, 0.25) is 0 Å². The zero-order chi connectivity index (χ0) is 13.7. The van der Waals surface area contributed by atoms with Crippen molar-refractivity contribution in [3.63, 3.8) is 0 Å². The van der Waals surface area contributed by atoms with Gasteiger partial charge in [0.05, 0.1) is 5.69 Å². The molecule has 2 nitrogen and oxygen atoms in total. The van der Waals surface area contributed by atoms with Gasteiger partial charge in [0.25, 0.3) is 0 Å². The Kier molecular flexibility index (Phi) is 4.21. The van der Waals surface area contributed by atoms with Crippen molar-refractivity contribution in [3.05, 3.63) is 54.4 Å². The number of aromatic nitrogens is 1. The molecule has 0 fully saturated rings. The van der Waals surface area contributed by atoms with E-state index in [0.717, 1.165) is 5.56 Å². The van der Waals surface area contributed by atoms with Crippen molar-refractivity contribution < 1.29 is 13.2 Å². The molecule has 0 bridgehead atoms. The van der Waals surface area contributed by atoms with Crippen LogP contribution in [0.4, 0.5) is 18.9 Å². The predicted molar refractivity (Wildman–Crippen MR) is 69.8 cm³/mol. The molecule has 0 spiro atoms. The molecule has 0 saturated heterocycles. The molecule has 1 aromatic carbocycles. The lowest BCUT2D eigenvalue weighted by atomic mass is 10.3. The van der Waals surface area contributed by atoms with Crippen LogP contribution in [-0.4, -0.2) is 16.7 Å². The average Bonchev–Trinajstić information content (AvgIpc) is 2.36. The number of halogens is 3. The van der Waals surface area contributed by atoms with Gasteiger partial charge < -0.3 is 0 Å². The summed E-state index contributed by atoms with van der Waals surface area (Å²) in [6, 6.07) is 9.56. The van der Waals surface area contributed by atoms with E-state index in [1.54, 1.807) is 36.8 Å². The molecular formula is C13H9F3N2S. The maximum atomic E-state index is 12.2. The van der Waals surface area contributed by atoms with Gasteiger partial charge in [-0.15, -0.1) is 0 Å². The first kappa shape index (κ1) is 13.6. The summed E-state index contributed by atoms with van der Waals surface area (Å²) in [4.78, 5) is 8.16. The fraction of sp³-hybridized carbons (Fsp3) is 0.0769. The zero-order valence-electron chi connectivity index (χ0n) is 9.63. The van der Waals surface area contributed by atoms with Gasteiger partial charge in [0.15, 0.2) is 0 Å². The molecule has 1 heterocycles. The Morgan fingerprint density at radius 1 is 1.16 bits per heavy atom. The van der Waals surface area contributed by atoms with Gasteiger partial charge in [0.2, 0.25) is 0 Å². The van der Waals surface area contributed by atoms with Gasteiger partial charge in [0, 0.05) is 29.1 Å². The third kappa shape index (κ3) is 4.75. The number of aliphatic imine (C=N–C) groups is 1. The monoisotopic (exact) mass is 282 g/mol. The lowest BCUT2D eigenvalue weighted by molar-refractivity contribution is -0.0328. The molecule has 0 N–H and O–H groups in total. The number of thioether (sulfide) groups is 1. The van der Waals surface area contributed by atoms with Gasteiger partial charge in [-0.1, -0.05) is 12.1 Å². The summed E-state index contributed by atoms with van der Waals surface area (Å²) >= 11 is -0.150. The number of benzene rings is 1. The molecule has 2 aromatic rings. The number of pyridine rings is 1. The Hall–Kier alpha value is -1.82. The van der Waals surface area contributed by atoms with E-state index in [-0.39, 0.29) is 16.7 Å². The summed E-state index contributed by atoms with van der Waals surface area (Å²) in [5.41, 5.74) is -3.03. The highest BCUT2D eigenvalue weighted by molar-refractivity contribution is 8.00. The van der Waals surface area contributed by atoms with Gasteiger partial charge in [-0.3, -0.25) is 9.98 Å². The number of hydrogen-bond acceptors (Lipinski definition) is 3. The second kappa shape index (κ2) is 5.88. The molecule has 2 rings (SSSR count). The molecule has 98 valence electrons. The van der Waals surface area contributed by atoms with E-state index in [1.165, 1.54) is 12.1 Å². The van der Waals surface area contributed by atoms with Crippen LogP contribution in [0.15, 0.2) is 58.7 Å². The van der Waals surface area contributed by atoms with Gasteiger partial charge in [-0.05, 0) is 36.0 Å². The van der Waals surface area contributed by atoms with Crippen LogP contribution in [0.3, 0.4) is 0 Å². The number of rotatable bonds is 3. The molecule has 0 amide bonds. The van der Waals surface area contributed by atoms with E-state index in [4.69, 9.17) is 0 Å². The normalized spacial score (nSPS) is 11.9. The van der Waals surface area contributed by atoms with Gasteiger partial charge in [-0.25, -0.2) is 0 Å². The van der Waals surface area contributed by atoms with Crippen LogP contribution < -0.4 is 0 Å². The Balaban J connectivity index is 2.13. The second-order valence-corrected chi connectivity index (χ2v) is 4.73. The number of nitrogens with zero attached hydrogens (tertiary/aromatic N) is 2. The largest absolute Gasteiger partial charge is 0.446 e. The van der Waals surface area contributed by atoms with Crippen molar-refractivity contribution in [3.8, 4) is 0 Å². The van der Waals surface area contributed by atoms with Crippen LogP contribution >= 0.6 is 11.8 Å². The first-order chi connectivity index (χ1) is 9.03. The lowest BCUT2D eigenvalue weighted by Crippen LogP contribution is -1.98. The van der Waals surface area contributed by atoms with E-state index in [0.29, 0.717) is 5.69 Å². The standard InChI is InChI=1S/C13H9F3N2S/c14-13(15,16)19-12-5-1-4-11(7-12)18-9-10-3-2-6-17-8-10/h1-9H. The highest BCUT2D eigenvalue weighted by atomic mass is 32.2. The molecule has 6 heteroatoms. The number of alkyl halides is 3. The Bertz CT molecular complexity index is 568. The van der Waals surface area contributed by atoms with Gasteiger partial charge >= 0.3 is 5.51 Å². The minimum absolute atomic E-state index is 0.119. The summed E-state index contributed by atoms with van der Waals surface area (Å²) in [5, 5.41) is 0. The smallest absolute Gasteiger partial charge is 0.264 e. The van der Waals surface area contributed by atoms with Crippen molar-refractivity contribution in [2.24, 2.45) is 4.99 Å². The minimum Gasteiger partial charge on any atom is -0.264 e. The Labute approximate surface area is 112 Å². The minimum atomic E-state index is -4.29. The topological polar surface area (TPSA) is 25.2 Å². The van der Waals surface area contributed by atoms with E-state index in [9.17, 15) is 13.2 Å². The van der Waals surface area contributed by atoms with Crippen LogP contribution in [0.5, 0.6) is 0 Å². The van der Waals surface area contributed by atoms with Crippen molar-refractivity contribution in [1.29, 1.82) is 0 Å². The second-order valence-electron chi connectivity index (χ2n) is 3.59. The molecule has 0 atom stereocenters. The summed E-state index contributed by atoms with van der Waals surface area (Å²) in [7, 11) is 0. The van der Waals surface area contributed by atoms with Crippen molar-refractivity contribution in [1.82, 2.24) is 4.98 Å². The molecule has 1 aromatic heterocycles. The summed E-state index contributed by atoms with van der Waals surface area (Å²) in [6.07, 6.45) is 4.82. The molecule has 0 aliphatic carbocycles. The predicted octanol–water partition coefficient (Wildman–Crippen LogP) is 4.44. The molecule has 0 aliphatic heterocycles. The van der Waals surface area contributed by atoms with Gasteiger partial charge in [-0.2, -0.15) is 13.2 Å². The summed E-state index contributed by atoms with van der Waals surface area (Å²) in [5.74, 6) is 0. The fourth-order valence-corrected chi connectivity index (χ4v) is 1.96. The van der Waals surface area contributed by atoms with Crippen molar-refractivity contribution in [2.75, 3.05) is 0 Å². The van der Waals surface area contributed by atoms with E-state index < -0.39 is 5.51 Å². The molecule has 0 saturated carbocycles. The first-order valence-electron chi connectivity index (χ1n) is 5.33. The molecule has 0 unspecified atom stereocenters. The highest BCUT2D eigenvalue weighted by Crippen LogP contribution is 2.37. The van der Waals surface area contributed by atoms with Crippen LogP contribution in [0, 0.1) is 0 Å². The first-order valence-corrected chi connectivity index (χ1v) is 6.14. The van der Waals surface area contributed by atoms with E-state index >= 15 is 0 Å². The van der Waals surface area contributed by atoms with E-state index in [2.05, 4.69) is 9.98 Å². The fourth-order valence-electron chi connectivity index (χ4n) is 1.36. The van der Waals surface area contributed by atoms with Crippen LogP contribution in [-0.2, 0) is 0 Å². The SMILES string of the molecule is FC(F)(F)Sc1cccc(N=Cc2cccnc2)c1. The third-order valence-electron chi connectivity index (χ3n) is 2.10. The van der Waals surface area contributed by atoms with Crippen molar-refractivity contribution >= 4 is 23.7 Å². The third-order valence-corrected chi connectivity index (χ3v) is 2.82. The molecule has 0 radical (unpaired) electrons. The van der Waals surface area contributed by atoms with Crippen molar-refractivity contribution in [2.45, 2.75) is 10.4 Å². The van der Waals surface area contributed by atoms with E-state index in [1.807, 2.05) is 6.07 Å². The lowest BCUT2D eigenvalue weighted by Gasteiger charge is -2.05. The zero-order valence-corrected chi connectivity index (χ0v) is 10.4.